The molecule has 1 aliphatic rings. The Labute approximate surface area is 540 Å². The summed E-state index contributed by atoms with van der Waals surface area (Å²) >= 11 is 0. The van der Waals surface area contributed by atoms with Crippen molar-refractivity contribution in [3.8, 4) is 11.5 Å². The lowest BCUT2D eigenvalue weighted by Gasteiger charge is -2.31. The zero-order valence-corrected chi connectivity index (χ0v) is 51.7. The lowest BCUT2D eigenvalue weighted by Crippen LogP contribution is -2.61. The number of hydrogen-bond donors (Lipinski definition) is 16. The first-order chi connectivity index (χ1) is 44.9. The van der Waals surface area contributed by atoms with E-state index in [0.29, 0.717) is 27.9 Å². The molecule has 0 saturated carbocycles. The molecule has 11 amide bonds. The second-order valence-corrected chi connectivity index (χ2v) is 22.9. The van der Waals surface area contributed by atoms with Gasteiger partial charge in [0, 0.05) is 50.5 Å². The number of aliphatic hydroxyl groups excluding tert-OH is 1. The molecule has 502 valence electrons. The van der Waals surface area contributed by atoms with Gasteiger partial charge in [-0.25, -0.2) is 9.78 Å². The Morgan fingerprint density at radius 2 is 1.01 bits per heavy atom. The number of H-pyrrole nitrogens is 1. The number of phenols is 2. The number of aromatic amines is 1. The van der Waals surface area contributed by atoms with Crippen LogP contribution in [0, 0.1) is 5.92 Å². The average Bonchev–Trinajstić information content (AvgIpc) is 1.97. The number of nitrogens with zero attached hydrogens (tertiary/aromatic N) is 2. The normalized spacial score (nSPS) is 15.2. The number of nitrogens with two attached hydrogens (primary N) is 2. The number of carbonyl (C=O) groups excluding carboxylic acids is 11. The van der Waals surface area contributed by atoms with Crippen molar-refractivity contribution >= 4 is 70.9 Å². The van der Waals surface area contributed by atoms with E-state index in [2.05, 4.69) is 57.8 Å². The van der Waals surface area contributed by atoms with Crippen LogP contribution in [0.1, 0.15) is 67.5 Å². The number of imidazole rings is 1. The molecule has 9 unspecified atom stereocenters. The number of hydrogen-bond acceptors (Lipinski definition) is 17. The first-order valence-electron chi connectivity index (χ1n) is 30.3. The minimum absolute atomic E-state index is 0.0120. The number of likely N-dealkylation sites (tertiary alicyclic amines) is 1. The number of carbonyl (C=O) groups is 12. The smallest absolute Gasteiger partial charge is 0.326 e. The van der Waals surface area contributed by atoms with Gasteiger partial charge in [0.05, 0.1) is 32.4 Å². The Morgan fingerprint density at radius 1 is 0.553 bits per heavy atom. The number of carboxylic acids is 1. The van der Waals surface area contributed by atoms with Crippen LogP contribution in [0.5, 0.6) is 11.5 Å². The largest absolute Gasteiger partial charge is 0.508 e. The van der Waals surface area contributed by atoms with Crippen LogP contribution in [0.3, 0.4) is 0 Å². The molecular formula is C64H80N14O16. The van der Waals surface area contributed by atoms with E-state index in [0.717, 1.165) is 0 Å². The second kappa shape index (κ2) is 35.7. The van der Waals surface area contributed by atoms with E-state index in [9.17, 15) is 78.0 Å². The molecule has 6 rings (SSSR count). The maximum Gasteiger partial charge on any atom is 0.326 e. The fraction of sp³-hybridized carbons (Fsp3) is 0.391. The molecule has 0 bridgehead atoms. The van der Waals surface area contributed by atoms with Gasteiger partial charge in [-0.2, -0.15) is 0 Å². The molecule has 30 nitrogen and oxygen atoms in total. The summed E-state index contributed by atoms with van der Waals surface area (Å²) in [4.78, 5) is 172. The van der Waals surface area contributed by atoms with E-state index in [1.54, 1.807) is 74.5 Å². The van der Waals surface area contributed by atoms with Crippen LogP contribution in [0.15, 0.2) is 122 Å². The number of rotatable bonds is 35. The zero-order valence-electron chi connectivity index (χ0n) is 51.7. The van der Waals surface area contributed by atoms with Crippen LogP contribution < -0.4 is 59.3 Å². The summed E-state index contributed by atoms with van der Waals surface area (Å²) in [5.41, 5.74) is 13.5. The van der Waals surface area contributed by atoms with E-state index < -0.39 is 151 Å². The number of benzene rings is 4. The van der Waals surface area contributed by atoms with Gasteiger partial charge in [0.15, 0.2) is 0 Å². The molecule has 0 radical (unpaired) electrons. The fourth-order valence-corrected chi connectivity index (χ4v) is 10.3. The summed E-state index contributed by atoms with van der Waals surface area (Å²) in [6.07, 6.45) is 1.45. The highest BCUT2D eigenvalue weighted by molar-refractivity contribution is 5.99. The molecule has 1 aliphatic heterocycles. The third-order valence-corrected chi connectivity index (χ3v) is 15.1. The molecule has 0 spiro atoms. The van der Waals surface area contributed by atoms with Crippen molar-refractivity contribution in [2.24, 2.45) is 17.4 Å². The number of aromatic nitrogens is 2. The summed E-state index contributed by atoms with van der Waals surface area (Å²) in [6, 6.07) is 15.3. The molecular weight excluding hydrogens is 1220 g/mol. The summed E-state index contributed by atoms with van der Waals surface area (Å²) in [7, 11) is 0. The highest BCUT2D eigenvalue weighted by Crippen LogP contribution is 2.22. The van der Waals surface area contributed by atoms with Gasteiger partial charge >= 0.3 is 5.97 Å². The number of aliphatic hydroxyl groups is 1. The van der Waals surface area contributed by atoms with Crippen LogP contribution in [-0.4, -0.2) is 187 Å². The summed E-state index contributed by atoms with van der Waals surface area (Å²) in [5, 5.41) is 63.1. The van der Waals surface area contributed by atoms with Gasteiger partial charge in [0.1, 0.15) is 65.9 Å². The van der Waals surface area contributed by atoms with Crippen LogP contribution in [-0.2, 0) is 89.6 Å². The number of phenolic OH excluding ortho intramolecular Hbond substituents is 2. The molecule has 94 heavy (non-hydrogen) atoms. The highest BCUT2D eigenvalue weighted by Gasteiger charge is 2.41. The fourth-order valence-electron chi connectivity index (χ4n) is 10.3. The van der Waals surface area contributed by atoms with Crippen LogP contribution in [0.2, 0.25) is 0 Å². The number of aromatic hydroxyl groups is 2. The molecule has 5 aromatic rings. The van der Waals surface area contributed by atoms with E-state index in [1.165, 1.54) is 66.0 Å². The van der Waals surface area contributed by atoms with Gasteiger partial charge < -0.3 is 89.6 Å². The Bertz CT molecular complexity index is 3420. The number of aliphatic carboxylic acids is 1. The topological polar surface area (TPSA) is 478 Å². The van der Waals surface area contributed by atoms with Gasteiger partial charge in [-0.15, -0.1) is 0 Å². The number of amides is 11. The van der Waals surface area contributed by atoms with Gasteiger partial charge in [-0.1, -0.05) is 98.8 Å². The van der Waals surface area contributed by atoms with Crippen molar-refractivity contribution in [3.63, 3.8) is 0 Å². The molecule has 1 aromatic heterocycles. The lowest BCUT2D eigenvalue weighted by molar-refractivity contribution is -0.142. The standard InChI is InChI=1S/C64H80N14O16/c1-36(2)24-44(57(86)76-50(64(93)94)28-38-12-7-4-8-13-38)72-60(89)48(30-53(66)82)71-55(84)33-68-56(85)47(29-41-32-67-35-69-41)74-62(91)52-14-9-23-78(52)63(92)49(27-40-17-21-43(81)22-18-40)75-61(90)51(34-79)77-59(88)46(25-37-10-5-3-6-11-37)73-58(87)45(70-54(83)31-65)26-39-15-19-42(80)20-16-39/h3-8,10-13,15-22,32,35-36,44-52,79-81H,9,14,23-31,33-34,65H2,1-2H3,(H2,66,82)(H,67,69)(H,68,85)(H,70,83)(H,71,84)(H,72,89)(H,73,87)(H,74,91)(H,75,90)(H,76,86)(H,77,88)(H,93,94). The monoisotopic (exact) mass is 1300 g/mol. The van der Waals surface area contributed by atoms with Gasteiger partial charge in [-0.3, -0.25) is 52.7 Å². The zero-order chi connectivity index (χ0) is 68.4. The van der Waals surface area contributed by atoms with Crippen molar-refractivity contribution in [2.75, 3.05) is 26.2 Å². The number of primary amides is 1. The predicted molar refractivity (Wildman–Crippen MR) is 336 cm³/mol. The first-order valence-corrected chi connectivity index (χ1v) is 30.3. The molecule has 1 fully saturated rings. The van der Waals surface area contributed by atoms with Gasteiger partial charge in [0.2, 0.25) is 65.0 Å². The lowest BCUT2D eigenvalue weighted by atomic mass is 10.0. The third-order valence-electron chi connectivity index (χ3n) is 15.1. The van der Waals surface area contributed by atoms with Crippen molar-refractivity contribution in [2.45, 2.75) is 126 Å². The summed E-state index contributed by atoms with van der Waals surface area (Å²) < 4.78 is 0. The van der Waals surface area contributed by atoms with Crippen LogP contribution in [0.25, 0.3) is 0 Å². The van der Waals surface area contributed by atoms with Crippen molar-refractivity contribution < 1.29 is 78.0 Å². The Morgan fingerprint density at radius 3 is 1.53 bits per heavy atom. The molecule has 9 atom stereocenters. The Hall–Kier alpha value is -10.8. The predicted octanol–water partition coefficient (Wildman–Crippen LogP) is -2.72. The summed E-state index contributed by atoms with van der Waals surface area (Å²) in [5.74, 6) is -11.8. The minimum atomic E-state index is -1.76. The number of nitrogens with one attached hydrogen (secondary N) is 10. The maximum atomic E-state index is 14.9. The molecule has 2 heterocycles. The Balaban J connectivity index is 1.15. The maximum absolute atomic E-state index is 14.9. The Kier molecular flexibility index (Phi) is 27.5. The van der Waals surface area contributed by atoms with E-state index >= 15 is 0 Å². The van der Waals surface area contributed by atoms with Gasteiger partial charge in [-0.05, 0) is 71.7 Å². The van der Waals surface area contributed by atoms with Crippen LogP contribution >= 0.6 is 0 Å². The van der Waals surface area contributed by atoms with Crippen molar-refractivity contribution in [3.05, 3.63) is 150 Å². The molecule has 18 N–H and O–H groups in total. The molecule has 4 aromatic carbocycles. The van der Waals surface area contributed by atoms with Crippen LogP contribution in [0.4, 0.5) is 0 Å². The average molecular weight is 1300 g/mol. The van der Waals surface area contributed by atoms with Gasteiger partial charge in [0.25, 0.3) is 0 Å². The first kappa shape index (κ1) is 72.3. The third kappa shape index (κ3) is 22.9. The second-order valence-electron chi connectivity index (χ2n) is 22.9. The van der Waals surface area contributed by atoms with Crippen molar-refractivity contribution in [1.82, 2.24) is 62.7 Å². The SMILES string of the molecule is CC(C)CC(NC(=O)C(CC(N)=O)NC(=O)CNC(=O)C(Cc1cnc[nH]1)NC(=O)C1CCCN1C(=O)C(Cc1ccc(O)cc1)NC(=O)C(CO)NC(=O)C(Cc1ccccc1)NC(=O)C(Cc1ccc(O)cc1)NC(=O)CN)C(=O)NC(Cc1ccccc1)C(=O)O. The van der Waals surface area contributed by atoms with Crippen molar-refractivity contribution in [1.29, 1.82) is 0 Å². The highest BCUT2D eigenvalue weighted by atomic mass is 16.4. The minimum Gasteiger partial charge on any atom is -0.508 e. The molecule has 30 heteroatoms. The van der Waals surface area contributed by atoms with E-state index in [1.807, 2.05) is 0 Å². The number of carboxylic acid groups (broad SMARTS) is 1. The quantitative estimate of drug-likeness (QED) is 0.0196. The molecule has 1 saturated heterocycles. The van der Waals surface area contributed by atoms with E-state index in [4.69, 9.17) is 11.5 Å². The van der Waals surface area contributed by atoms with E-state index in [-0.39, 0.29) is 75.3 Å². The molecule has 0 aliphatic carbocycles. The summed E-state index contributed by atoms with van der Waals surface area (Å²) in [6.45, 7) is 1.13.